The molecule has 0 fully saturated rings. The van der Waals surface area contributed by atoms with Crippen LogP contribution in [-0.2, 0) is 11.2 Å². The van der Waals surface area contributed by atoms with Gasteiger partial charge in [-0.1, -0.05) is 29.8 Å². The number of thiazole rings is 1. The molecular formula is C16H12ClN3OS. The van der Waals surface area contributed by atoms with Crippen LogP contribution in [0.3, 0.4) is 0 Å². The summed E-state index contributed by atoms with van der Waals surface area (Å²) in [6.45, 7) is 0. The minimum absolute atomic E-state index is 0.139. The second-order valence-corrected chi connectivity index (χ2v) is 5.86. The second kappa shape index (κ2) is 6.68. The summed E-state index contributed by atoms with van der Waals surface area (Å²) in [5.74, 6) is -0.139. The third kappa shape index (κ3) is 3.50. The molecule has 6 heteroatoms. The highest BCUT2D eigenvalue weighted by molar-refractivity contribution is 7.14. The molecule has 1 aromatic carbocycles. The molecule has 0 spiro atoms. The molecule has 0 aliphatic rings. The number of nitrogens with one attached hydrogen (secondary N) is 1. The number of hydrogen-bond acceptors (Lipinski definition) is 4. The van der Waals surface area contributed by atoms with Gasteiger partial charge >= 0.3 is 0 Å². The molecule has 4 nitrogen and oxygen atoms in total. The Morgan fingerprint density at radius 3 is 2.86 bits per heavy atom. The molecule has 3 aromatic rings. The van der Waals surface area contributed by atoms with E-state index in [2.05, 4.69) is 15.3 Å². The van der Waals surface area contributed by atoms with Gasteiger partial charge in [0.1, 0.15) is 0 Å². The highest BCUT2D eigenvalue weighted by atomic mass is 35.5. The zero-order chi connectivity index (χ0) is 15.4. The van der Waals surface area contributed by atoms with Gasteiger partial charge in [-0.2, -0.15) is 0 Å². The average Bonchev–Trinajstić information content (AvgIpc) is 2.99. The molecule has 0 unspecified atom stereocenters. The van der Waals surface area contributed by atoms with Crippen molar-refractivity contribution in [2.45, 2.75) is 6.42 Å². The summed E-state index contributed by atoms with van der Waals surface area (Å²) in [4.78, 5) is 20.5. The fraction of sp³-hybridized carbons (Fsp3) is 0.0625. The molecule has 3 rings (SSSR count). The lowest BCUT2D eigenvalue weighted by molar-refractivity contribution is -0.115. The Balaban J connectivity index is 1.68. The van der Waals surface area contributed by atoms with Gasteiger partial charge in [0.05, 0.1) is 12.1 Å². The van der Waals surface area contributed by atoms with E-state index in [-0.39, 0.29) is 12.3 Å². The smallest absolute Gasteiger partial charge is 0.230 e. The summed E-state index contributed by atoms with van der Waals surface area (Å²) in [5, 5.41) is 5.84. The minimum atomic E-state index is -0.139. The van der Waals surface area contributed by atoms with Crippen molar-refractivity contribution < 1.29 is 4.79 Å². The summed E-state index contributed by atoms with van der Waals surface area (Å²) in [6, 6.07) is 11.1. The van der Waals surface area contributed by atoms with Crippen LogP contribution in [0, 0.1) is 0 Å². The van der Waals surface area contributed by atoms with Gasteiger partial charge in [0.15, 0.2) is 5.13 Å². The topological polar surface area (TPSA) is 54.9 Å². The van der Waals surface area contributed by atoms with Crippen molar-refractivity contribution in [3.8, 4) is 11.3 Å². The quantitative estimate of drug-likeness (QED) is 0.786. The van der Waals surface area contributed by atoms with E-state index in [1.54, 1.807) is 18.5 Å². The van der Waals surface area contributed by atoms with Crippen LogP contribution in [0.1, 0.15) is 5.56 Å². The van der Waals surface area contributed by atoms with Crippen LogP contribution >= 0.6 is 22.9 Å². The summed E-state index contributed by atoms with van der Waals surface area (Å²) < 4.78 is 0. The molecule has 0 saturated carbocycles. The first-order valence-electron chi connectivity index (χ1n) is 6.61. The number of aromatic nitrogens is 2. The van der Waals surface area contributed by atoms with E-state index >= 15 is 0 Å². The first-order valence-corrected chi connectivity index (χ1v) is 7.87. The Morgan fingerprint density at radius 1 is 1.23 bits per heavy atom. The molecule has 0 aliphatic carbocycles. The molecule has 0 saturated heterocycles. The van der Waals surface area contributed by atoms with Gasteiger partial charge in [-0.25, -0.2) is 4.98 Å². The van der Waals surface area contributed by atoms with Crippen LogP contribution in [0.15, 0.2) is 54.2 Å². The van der Waals surface area contributed by atoms with Gasteiger partial charge in [0.25, 0.3) is 0 Å². The predicted molar refractivity (Wildman–Crippen MR) is 89.1 cm³/mol. The van der Waals surface area contributed by atoms with Crippen LogP contribution in [0.4, 0.5) is 5.13 Å². The first kappa shape index (κ1) is 14.7. The number of hydrogen-bond donors (Lipinski definition) is 1. The van der Waals surface area contributed by atoms with E-state index in [4.69, 9.17) is 11.6 Å². The van der Waals surface area contributed by atoms with Crippen molar-refractivity contribution in [3.05, 3.63) is 64.8 Å². The number of nitrogens with zero attached hydrogens (tertiary/aromatic N) is 2. The van der Waals surface area contributed by atoms with E-state index in [1.165, 1.54) is 11.3 Å². The SMILES string of the molecule is O=C(Cc1ccccc1Cl)Nc1nc(-c2cccnc2)cs1. The number of carbonyl (C=O) groups excluding carboxylic acids is 1. The van der Waals surface area contributed by atoms with Crippen molar-refractivity contribution in [1.29, 1.82) is 0 Å². The molecule has 0 radical (unpaired) electrons. The maximum absolute atomic E-state index is 12.1. The molecule has 22 heavy (non-hydrogen) atoms. The summed E-state index contributed by atoms with van der Waals surface area (Å²) in [5.41, 5.74) is 2.52. The normalized spacial score (nSPS) is 10.4. The maximum Gasteiger partial charge on any atom is 0.230 e. The molecular weight excluding hydrogens is 318 g/mol. The summed E-state index contributed by atoms with van der Waals surface area (Å²) in [6.07, 6.45) is 3.67. The van der Waals surface area contributed by atoms with Gasteiger partial charge in [-0.05, 0) is 23.8 Å². The number of rotatable bonds is 4. The lowest BCUT2D eigenvalue weighted by Crippen LogP contribution is -2.14. The molecule has 0 bridgehead atoms. The van der Waals surface area contributed by atoms with Crippen LogP contribution < -0.4 is 5.32 Å². The largest absolute Gasteiger partial charge is 0.302 e. The predicted octanol–water partition coefficient (Wildman–Crippen LogP) is 4.04. The molecule has 1 N–H and O–H groups in total. The van der Waals surface area contributed by atoms with Crippen LogP contribution in [-0.4, -0.2) is 15.9 Å². The third-order valence-corrected chi connectivity index (χ3v) is 4.14. The minimum Gasteiger partial charge on any atom is -0.302 e. The molecule has 0 atom stereocenters. The van der Waals surface area contributed by atoms with Gasteiger partial charge in [-0.3, -0.25) is 9.78 Å². The number of amides is 1. The fourth-order valence-electron chi connectivity index (χ4n) is 1.96. The number of benzene rings is 1. The number of carbonyl (C=O) groups is 1. The zero-order valence-corrected chi connectivity index (χ0v) is 13.1. The van der Waals surface area contributed by atoms with Crippen molar-refractivity contribution >= 4 is 34.0 Å². The summed E-state index contributed by atoms with van der Waals surface area (Å²) >= 11 is 7.44. The highest BCUT2D eigenvalue weighted by Gasteiger charge is 2.10. The van der Waals surface area contributed by atoms with Crippen molar-refractivity contribution in [2.75, 3.05) is 5.32 Å². The Kier molecular flexibility index (Phi) is 4.46. The van der Waals surface area contributed by atoms with Crippen LogP contribution in [0.2, 0.25) is 5.02 Å². The van der Waals surface area contributed by atoms with E-state index in [0.717, 1.165) is 16.8 Å². The van der Waals surface area contributed by atoms with Crippen LogP contribution in [0.5, 0.6) is 0 Å². The zero-order valence-electron chi connectivity index (χ0n) is 11.5. The van der Waals surface area contributed by atoms with Crippen molar-refractivity contribution in [1.82, 2.24) is 9.97 Å². The Bertz CT molecular complexity index is 789. The van der Waals surface area contributed by atoms with Crippen molar-refractivity contribution in [2.24, 2.45) is 0 Å². The van der Waals surface area contributed by atoms with Gasteiger partial charge < -0.3 is 5.32 Å². The van der Waals surface area contributed by atoms with Crippen molar-refractivity contribution in [3.63, 3.8) is 0 Å². The fourth-order valence-corrected chi connectivity index (χ4v) is 2.89. The molecule has 110 valence electrons. The van der Waals surface area contributed by atoms with Crippen LogP contribution in [0.25, 0.3) is 11.3 Å². The maximum atomic E-state index is 12.1. The van der Waals surface area contributed by atoms with E-state index < -0.39 is 0 Å². The van der Waals surface area contributed by atoms with Gasteiger partial charge in [0, 0.05) is 28.4 Å². The highest BCUT2D eigenvalue weighted by Crippen LogP contribution is 2.24. The standard InChI is InChI=1S/C16H12ClN3OS/c17-13-6-2-1-4-11(13)8-15(21)20-16-19-14(10-22-16)12-5-3-7-18-9-12/h1-7,9-10H,8H2,(H,19,20,21). The molecule has 1 amide bonds. The lowest BCUT2D eigenvalue weighted by atomic mass is 10.1. The first-order chi connectivity index (χ1) is 10.7. The Labute approximate surface area is 136 Å². The van der Waals surface area contributed by atoms with E-state index in [0.29, 0.717) is 10.2 Å². The van der Waals surface area contributed by atoms with E-state index in [1.807, 2.05) is 35.7 Å². The molecule has 2 aromatic heterocycles. The van der Waals surface area contributed by atoms with E-state index in [9.17, 15) is 4.79 Å². The summed E-state index contributed by atoms with van der Waals surface area (Å²) in [7, 11) is 0. The molecule has 0 aliphatic heterocycles. The number of halogens is 1. The lowest BCUT2D eigenvalue weighted by Gasteiger charge is -2.03. The second-order valence-electron chi connectivity index (χ2n) is 4.60. The Hall–Kier alpha value is -2.24. The third-order valence-electron chi connectivity index (χ3n) is 3.02. The number of anilines is 1. The Morgan fingerprint density at radius 2 is 2.09 bits per heavy atom. The monoisotopic (exact) mass is 329 g/mol. The molecule has 2 heterocycles. The van der Waals surface area contributed by atoms with Gasteiger partial charge in [0.2, 0.25) is 5.91 Å². The van der Waals surface area contributed by atoms with Gasteiger partial charge in [-0.15, -0.1) is 11.3 Å². The average molecular weight is 330 g/mol. The number of pyridine rings is 1.